The molecule has 0 aliphatic heterocycles. The minimum absolute atomic E-state index is 0.0440. The molecule has 0 amide bonds. The Balaban J connectivity index is 1.94. The van der Waals surface area contributed by atoms with E-state index in [1.54, 1.807) is 30.3 Å². The summed E-state index contributed by atoms with van der Waals surface area (Å²) in [6.45, 7) is 1.83. The number of rotatable bonds is 4. The molecule has 146 valence electrons. The lowest BCUT2D eigenvalue weighted by atomic mass is 10.1. The monoisotopic (exact) mass is 429 g/mol. The summed E-state index contributed by atoms with van der Waals surface area (Å²) in [6, 6.07) is 12.4. The van der Waals surface area contributed by atoms with E-state index in [1.165, 1.54) is 23.0 Å². The maximum Gasteiger partial charge on any atom is 0.264 e. The number of aromatic nitrogens is 4. The van der Waals surface area contributed by atoms with Crippen molar-refractivity contribution in [3.05, 3.63) is 87.0 Å². The van der Waals surface area contributed by atoms with E-state index in [2.05, 4.69) is 20.3 Å². The summed E-state index contributed by atoms with van der Waals surface area (Å²) in [5.41, 5.74) is 0.608. The predicted octanol–water partition coefficient (Wildman–Crippen LogP) is 4.79. The van der Waals surface area contributed by atoms with Gasteiger partial charge in [0.2, 0.25) is 11.2 Å². The minimum Gasteiger partial charge on any atom is -0.346 e. The third-order valence-corrected chi connectivity index (χ3v) is 4.92. The predicted molar refractivity (Wildman–Crippen MR) is 111 cm³/mol. The molecule has 0 saturated carbocycles. The van der Waals surface area contributed by atoms with Gasteiger partial charge in [0.1, 0.15) is 12.1 Å². The van der Waals surface area contributed by atoms with Crippen molar-refractivity contribution in [1.29, 1.82) is 0 Å². The summed E-state index contributed by atoms with van der Waals surface area (Å²) in [4.78, 5) is 25.2. The van der Waals surface area contributed by atoms with Crippen molar-refractivity contribution >= 4 is 39.9 Å². The van der Waals surface area contributed by atoms with Crippen LogP contribution in [0.25, 0.3) is 16.5 Å². The largest absolute Gasteiger partial charge is 0.346 e. The first-order chi connectivity index (χ1) is 13.9. The third-order valence-electron chi connectivity index (χ3n) is 4.42. The SMILES string of the molecule is C[C@H](Nc1ncnc(Cl)n1)c1cc2cccc(Cl)c2c(=O)n1-c1cccc(F)c1. The number of hydrogen-bond donors (Lipinski definition) is 1. The lowest BCUT2D eigenvalue weighted by molar-refractivity contribution is 0.625. The molecule has 1 N–H and O–H groups in total. The molecule has 4 rings (SSSR count). The lowest BCUT2D eigenvalue weighted by Crippen LogP contribution is -2.26. The lowest BCUT2D eigenvalue weighted by Gasteiger charge is -2.21. The second-order valence-electron chi connectivity index (χ2n) is 6.34. The van der Waals surface area contributed by atoms with Crippen LogP contribution in [0.5, 0.6) is 0 Å². The average Bonchev–Trinajstić information content (AvgIpc) is 2.67. The Hall–Kier alpha value is -3.03. The summed E-state index contributed by atoms with van der Waals surface area (Å²) in [5, 5.41) is 4.50. The van der Waals surface area contributed by atoms with Crippen molar-refractivity contribution in [3.63, 3.8) is 0 Å². The Morgan fingerprint density at radius 3 is 2.66 bits per heavy atom. The topological polar surface area (TPSA) is 72.7 Å². The molecule has 4 aromatic rings. The van der Waals surface area contributed by atoms with Crippen molar-refractivity contribution in [3.8, 4) is 5.69 Å². The van der Waals surface area contributed by atoms with E-state index >= 15 is 0 Å². The van der Waals surface area contributed by atoms with Gasteiger partial charge < -0.3 is 5.32 Å². The number of nitrogens with one attached hydrogen (secondary N) is 1. The molecule has 2 heterocycles. The number of hydrogen-bond acceptors (Lipinski definition) is 5. The second-order valence-corrected chi connectivity index (χ2v) is 7.08. The van der Waals surface area contributed by atoms with Crippen molar-refractivity contribution in [2.45, 2.75) is 13.0 Å². The van der Waals surface area contributed by atoms with Gasteiger partial charge in [-0.3, -0.25) is 9.36 Å². The number of pyridine rings is 1. The first kappa shape index (κ1) is 19.3. The van der Waals surface area contributed by atoms with Crippen LogP contribution in [0.2, 0.25) is 10.3 Å². The molecule has 9 heteroatoms. The van der Waals surface area contributed by atoms with Crippen LogP contribution in [-0.2, 0) is 0 Å². The fourth-order valence-corrected chi connectivity index (χ4v) is 3.54. The molecule has 0 aliphatic rings. The first-order valence-electron chi connectivity index (χ1n) is 8.65. The van der Waals surface area contributed by atoms with Gasteiger partial charge in [0.05, 0.1) is 22.1 Å². The molecular formula is C20H14Cl2FN5O. The summed E-state index contributed by atoms with van der Waals surface area (Å²) < 4.78 is 15.3. The van der Waals surface area contributed by atoms with Crippen LogP contribution in [0.3, 0.4) is 0 Å². The Morgan fingerprint density at radius 1 is 1.10 bits per heavy atom. The van der Waals surface area contributed by atoms with E-state index in [9.17, 15) is 9.18 Å². The Labute approximate surface area is 175 Å². The molecule has 0 saturated heterocycles. The highest BCUT2D eigenvalue weighted by molar-refractivity contribution is 6.35. The molecule has 0 aliphatic carbocycles. The summed E-state index contributed by atoms with van der Waals surface area (Å²) >= 11 is 12.1. The van der Waals surface area contributed by atoms with Gasteiger partial charge in [0.15, 0.2) is 0 Å². The van der Waals surface area contributed by atoms with Gasteiger partial charge in [-0.2, -0.15) is 4.98 Å². The number of halogens is 3. The van der Waals surface area contributed by atoms with Crippen LogP contribution < -0.4 is 10.9 Å². The van der Waals surface area contributed by atoms with Gasteiger partial charge in [-0.05, 0) is 54.2 Å². The first-order valence-corrected chi connectivity index (χ1v) is 9.41. The van der Waals surface area contributed by atoms with Crippen LogP contribution in [0.1, 0.15) is 18.7 Å². The summed E-state index contributed by atoms with van der Waals surface area (Å²) in [6.07, 6.45) is 1.28. The van der Waals surface area contributed by atoms with E-state index in [0.717, 1.165) is 0 Å². The summed E-state index contributed by atoms with van der Waals surface area (Å²) in [5.74, 6) is -0.202. The van der Waals surface area contributed by atoms with Gasteiger partial charge >= 0.3 is 0 Å². The number of anilines is 1. The van der Waals surface area contributed by atoms with Gasteiger partial charge in [-0.1, -0.05) is 29.8 Å². The molecule has 6 nitrogen and oxygen atoms in total. The molecule has 2 aromatic carbocycles. The highest BCUT2D eigenvalue weighted by atomic mass is 35.5. The third kappa shape index (κ3) is 3.79. The molecule has 0 fully saturated rings. The molecular weight excluding hydrogens is 416 g/mol. The number of fused-ring (bicyclic) bond motifs is 1. The standard InChI is InChI=1S/C20H14Cl2FN5O/c1-11(26-20-25-10-24-19(22)27-20)16-8-12-4-2-7-15(21)17(12)18(29)28(16)14-6-3-5-13(23)9-14/h2-11H,1H3,(H,24,25,26,27)/t11-/m0/s1. The van der Waals surface area contributed by atoms with Crippen LogP contribution in [0.4, 0.5) is 10.3 Å². The smallest absolute Gasteiger partial charge is 0.264 e. The zero-order chi connectivity index (χ0) is 20.5. The highest BCUT2D eigenvalue weighted by Gasteiger charge is 2.19. The zero-order valence-electron chi connectivity index (χ0n) is 15.1. The van der Waals surface area contributed by atoms with E-state index < -0.39 is 11.9 Å². The van der Waals surface area contributed by atoms with E-state index in [0.29, 0.717) is 27.2 Å². The van der Waals surface area contributed by atoms with Gasteiger partial charge in [0.25, 0.3) is 5.56 Å². The van der Waals surface area contributed by atoms with Gasteiger partial charge in [-0.25, -0.2) is 14.4 Å². The maximum absolute atomic E-state index is 13.9. The van der Waals surface area contributed by atoms with Gasteiger partial charge in [0, 0.05) is 5.69 Å². The molecule has 1 atom stereocenters. The number of benzene rings is 2. The van der Waals surface area contributed by atoms with Crippen molar-refractivity contribution in [2.24, 2.45) is 0 Å². The normalized spacial score (nSPS) is 12.1. The molecule has 2 aromatic heterocycles. The van der Waals surface area contributed by atoms with Crippen molar-refractivity contribution in [1.82, 2.24) is 19.5 Å². The molecule has 0 unspecified atom stereocenters. The van der Waals surface area contributed by atoms with E-state index in [4.69, 9.17) is 23.2 Å². The second kappa shape index (κ2) is 7.77. The van der Waals surface area contributed by atoms with E-state index in [1.807, 2.05) is 13.0 Å². The highest BCUT2D eigenvalue weighted by Crippen LogP contribution is 2.26. The molecule has 0 bridgehead atoms. The summed E-state index contributed by atoms with van der Waals surface area (Å²) in [7, 11) is 0. The molecule has 0 radical (unpaired) electrons. The van der Waals surface area contributed by atoms with E-state index in [-0.39, 0.29) is 16.8 Å². The quantitative estimate of drug-likeness (QED) is 0.504. The fraction of sp³-hybridized carbons (Fsp3) is 0.100. The Kier molecular flexibility index (Phi) is 5.17. The zero-order valence-corrected chi connectivity index (χ0v) is 16.6. The van der Waals surface area contributed by atoms with Crippen molar-refractivity contribution < 1.29 is 4.39 Å². The van der Waals surface area contributed by atoms with Gasteiger partial charge in [-0.15, -0.1) is 0 Å². The fourth-order valence-electron chi connectivity index (χ4n) is 3.15. The molecule has 29 heavy (non-hydrogen) atoms. The van der Waals surface area contributed by atoms with Crippen LogP contribution in [-0.4, -0.2) is 19.5 Å². The van der Waals surface area contributed by atoms with Crippen LogP contribution in [0.15, 0.2) is 59.7 Å². The average molecular weight is 430 g/mol. The van der Waals surface area contributed by atoms with Crippen LogP contribution in [0, 0.1) is 5.82 Å². The minimum atomic E-state index is -0.454. The van der Waals surface area contributed by atoms with Crippen molar-refractivity contribution in [2.75, 3.05) is 5.32 Å². The maximum atomic E-state index is 13.9. The Morgan fingerprint density at radius 2 is 1.90 bits per heavy atom. The number of nitrogens with zero attached hydrogens (tertiary/aromatic N) is 4. The van der Waals surface area contributed by atoms with Crippen LogP contribution >= 0.6 is 23.2 Å². The Bertz CT molecular complexity index is 1280. The molecule has 0 spiro atoms.